The van der Waals surface area contributed by atoms with Crippen molar-refractivity contribution in [1.29, 1.82) is 0 Å². The molecule has 0 saturated carbocycles. The average Bonchev–Trinajstić information content (AvgIpc) is 2.43. The van der Waals surface area contributed by atoms with E-state index in [1.54, 1.807) is 0 Å². The van der Waals surface area contributed by atoms with Gasteiger partial charge in [-0.25, -0.2) is 0 Å². The third-order valence-corrected chi connectivity index (χ3v) is 3.95. The van der Waals surface area contributed by atoms with Crippen molar-refractivity contribution < 1.29 is 0 Å². The number of rotatable bonds is 5. The fourth-order valence-corrected chi connectivity index (χ4v) is 2.52. The molecular formula is C17H20BrN. The summed E-state index contributed by atoms with van der Waals surface area (Å²) in [4.78, 5) is 0. The lowest BCUT2D eigenvalue weighted by Gasteiger charge is -2.14. The Morgan fingerprint density at radius 2 is 1.84 bits per heavy atom. The number of nitrogens with one attached hydrogen (secondary N) is 1. The van der Waals surface area contributed by atoms with Crippen LogP contribution in [0.4, 0.5) is 5.69 Å². The van der Waals surface area contributed by atoms with Crippen LogP contribution >= 0.6 is 15.9 Å². The first-order chi connectivity index (χ1) is 9.16. The van der Waals surface area contributed by atoms with Crippen LogP contribution in [-0.2, 0) is 0 Å². The van der Waals surface area contributed by atoms with E-state index in [-0.39, 0.29) is 0 Å². The molecule has 0 spiro atoms. The van der Waals surface area contributed by atoms with Crippen molar-refractivity contribution in [1.82, 2.24) is 0 Å². The number of aryl methyl sites for hydroxylation is 1. The van der Waals surface area contributed by atoms with Crippen LogP contribution in [0, 0.1) is 6.92 Å². The quantitative estimate of drug-likeness (QED) is 0.782. The second-order valence-electron chi connectivity index (χ2n) is 4.99. The molecule has 0 saturated heterocycles. The van der Waals surface area contributed by atoms with Crippen molar-refractivity contribution in [2.45, 2.75) is 26.2 Å². The molecule has 2 heteroatoms. The summed E-state index contributed by atoms with van der Waals surface area (Å²) in [6.07, 6.45) is 1.13. The SMILES string of the molecule is Cc1ccc(Br)cc1NCCC(C)c1ccccc1. The Kier molecular flexibility index (Phi) is 5.03. The Bertz CT molecular complexity index is 522. The van der Waals surface area contributed by atoms with Crippen molar-refractivity contribution in [3.63, 3.8) is 0 Å². The molecule has 19 heavy (non-hydrogen) atoms. The van der Waals surface area contributed by atoms with Gasteiger partial charge in [-0.2, -0.15) is 0 Å². The maximum Gasteiger partial charge on any atom is 0.0381 e. The van der Waals surface area contributed by atoms with Gasteiger partial charge in [-0.1, -0.05) is 59.3 Å². The van der Waals surface area contributed by atoms with E-state index in [0.29, 0.717) is 5.92 Å². The second-order valence-corrected chi connectivity index (χ2v) is 5.90. The van der Waals surface area contributed by atoms with E-state index in [1.807, 2.05) is 0 Å². The summed E-state index contributed by atoms with van der Waals surface area (Å²) >= 11 is 3.51. The van der Waals surface area contributed by atoms with E-state index in [4.69, 9.17) is 0 Å². The highest BCUT2D eigenvalue weighted by Crippen LogP contribution is 2.22. The zero-order chi connectivity index (χ0) is 13.7. The van der Waals surface area contributed by atoms with Crippen LogP contribution < -0.4 is 5.32 Å². The molecule has 100 valence electrons. The fourth-order valence-electron chi connectivity index (χ4n) is 2.16. The zero-order valence-corrected chi connectivity index (χ0v) is 13.1. The van der Waals surface area contributed by atoms with Crippen LogP contribution in [0.1, 0.15) is 30.4 Å². The first kappa shape index (κ1) is 14.1. The number of hydrogen-bond donors (Lipinski definition) is 1. The topological polar surface area (TPSA) is 12.0 Å². The first-order valence-corrected chi connectivity index (χ1v) is 7.51. The summed E-state index contributed by atoms with van der Waals surface area (Å²) in [6, 6.07) is 17.0. The number of anilines is 1. The highest BCUT2D eigenvalue weighted by atomic mass is 79.9. The maximum atomic E-state index is 3.52. The summed E-state index contributed by atoms with van der Waals surface area (Å²) in [6.45, 7) is 5.41. The van der Waals surface area contributed by atoms with Gasteiger partial charge in [0.25, 0.3) is 0 Å². The molecule has 1 unspecified atom stereocenters. The van der Waals surface area contributed by atoms with Gasteiger partial charge in [-0.15, -0.1) is 0 Å². The minimum absolute atomic E-state index is 0.584. The highest BCUT2D eigenvalue weighted by molar-refractivity contribution is 9.10. The molecule has 0 heterocycles. The third-order valence-electron chi connectivity index (χ3n) is 3.46. The summed E-state index contributed by atoms with van der Waals surface area (Å²) in [5.41, 5.74) is 3.92. The number of benzene rings is 2. The molecule has 0 radical (unpaired) electrons. The molecule has 0 aliphatic carbocycles. The normalized spacial score (nSPS) is 12.2. The summed E-state index contributed by atoms with van der Waals surface area (Å²) < 4.78 is 1.12. The molecule has 0 amide bonds. The van der Waals surface area contributed by atoms with Crippen molar-refractivity contribution in [2.75, 3.05) is 11.9 Å². The van der Waals surface area contributed by atoms with E-state index < -0.39 is 0 Å². The van der Waals surface area contributed by atoms with Gasteiger partial charge in [-0.3, -0.25) is 0 Å². The number of hydrogen-bond acceptors (Lipinski definition) is 1. The van der Waals surface area contributed by atoms with E-state index in [2.05, 4.69) is 83.6 Å². The van der Waals surface area contributed by atoms with Crippen molar-refractivity contribution in [2.24, 2.45) is 0 Å². The van der Waals surface area contributed by atoms with Crippen LogP contribution in [0.2, 0.25) is 0 Å². The van der Waals surface area contributed by atoms with E-state index >= 15 is 0 Å². The summed E-state index contributed by atoms with van der Waals surface area (Å²) in [5.74, 6) is 0.584. The van der Waals surface area contributed by atoms with Crippen LogP contribution in [-0.4, -0.2) is 6.54 Å². The van der Waals surface area contributed by atoms with Gasteiger partial charge in [0.15, 0.2) is 0 Å². The lowest BCUT2D eigenvalue weighted by Crippen LogP contribution is -2.06. The van der Waals surface area contributed by atoms with Gasteiger partial charge < -0.3 is 5.32 Å². The van der Waals surface area contributed by atoms with Gasteiger partial charge in [0, 0.05) is 16.7 Å². The summed E-state index contributed by atoms with van der Waals surface area (Å²) in [5, 5.41) is 3.52. The predicted molar refractivity (Wildman–Crippen MR) is 86.8 cm³/mol. The molecule has 0 fully saturated rings. The molecular weight excluding hydrogens is 298 g/mol. The molecule has 0 aliphatic rings. The maximum absolute atomic E-state index is 3.52. The van der Waals surface area contributed by atoms with Crippen LogP contribution in [0.25, 0.3) is 0 Å². The van der Waals surface area contributed by atoms with E-state index in [0.717, 1.165) is 17.4 Å². The Labute approximate surface area is 124 Å². The van der Waals surface area contributed by atoms with Gasteiger partial charge >= 0.3 is 0 Å². The Morgan fingerprint density at radius 1 is 1.11 bits per heavy atom. The largest absolute Gasteiger partial charge is 0.385 e. The molecule has 2 rings (SSSR count). The third kappa shape index (κ3) is 4.10. The fraction of sp³-hybridized carbons (Fsp3) is 0.294. The van der Waals surface area contributed by atoms with Crippen molar-refractivity contribution in [3.8, 4) is 0 Å². The van der Waals surface area contributed by atoms with Crippen molar-refractivity contribution in [3.05, 3.63) is 64.1 Å². The van der Waals surface area contributed by atoms with Crippen LogP contribution in [0.15, 0.2) is 53.0 Å². The lowest BCUT2D eigenvalue weighted by molar-refractivity contribution is 0.706. The standard InChI is InChI=1S/C17H20BrN/c1-13(15-6-4-3-5-7-15)10-11-19-17-12-16(18)9-8-14(17)2/h3-9,12-13,19H,10-11H2,1-2H3. The minimum Gasteiger partial charge on any atom is -0.385 e. The molecule has 2 aromatic carbocycles. The van der Waals surface area contributed by atoms with Gasteiger partial charge in [0.2, 0.25) is 0 Å². The Balaban J connectivity index is 1.88. The molecule has 2 aromatic rings. The molecule has 0 aliphatic heterocycles. The molecule has 1 atom stereocenters. The predicted octanol–water partition coefficient (Wildman–Crippen LogP) is 5.36. The smallest absolute Gasteiger partial charge is 0.0381 e. The zero-order valence-electron chi connectivity index (χ0n) is 11.5. The monoisotopic (exact) mass is 317 g/mol. The highest BCUT2D eigenvalue weighted by Gasteiger charge is 2.05. The van der Waals surface area contributed by atoms with Gasteiger partial charge in [-0.05, 0) is 42.5 Å². The molecule has 1 N–H and O–H groups in total. The Hall–Kier alpha value is -1.28. The van der Waals surface area contributed by atoms with Gasteiger partial charge in [0.1, 0.15) is 0 Å². The van der Waals surface area contributed by atoms with Crippen LogP contribution in [0.3, 0.4) is 0 Å². The first-order valence-electron chi connectivity index (χ1n) is 6.72. The van der Waals surface area contributed by atoms with Gasteiger partial charge in [0.05, 0.1) is 0 Å². The van der Waals surface area contributed by atoms with Crippen molar-refractivity contribution >= 4 is 21.6 Å². The molecule has 0 bridgehead atoms. The minimum atomic E-state index is 0.584. The Morgan fingerprint density at radius 3 is 2.58 bits per heavy atom. The van der Waals surface area contributed by atoms with Crippen LogP contribution in [0.5, 0.6) is 0 Å². The molecule has 0 aromatic heterocycles. The van der Waals surface area contributed by atoms with E-state index in [9.17, 15) is 0 Å². The lowest BCUT2D eigenvalue weighted by atomic mass is 9.98. The second kappa shape index (κ2) is 6.76. The average molecular weight is 318 g/mol. The summed E-state index contributed by atoms with van der Waals surface area (Å²) in [7, 11) is 0. The van der Waals surface area contributed by atoms with E-state index in [1.165, 1.54) is 16.8 Å². The number of halogens is 1. The molecule has 1 nitrogen and oxygen atoms in total.